The number of hydrogen-bond donors (Lipinski definition) is 0. The van der Waals surface area contributed by atoms with Gasteiger partial charge >= 0.3 is 5.89 Å². The lowest BCUT2D eigenvalue weighted by molar-refractivity contribution is -0.649. The molecule has 0 bridgehead atoms. The van der Waals surface area contributed by atoms with Gasteiger partial charge in [0.25, 0.3) is 10.4 Å². The van der Waals surface area contributed by atoms with Crippen LogP contribution >= 0.6 is 11.3 Å². The topological polar surface area (TPSA) is 29.9 Å². The number of hydrogen-bond acceptors (Lipinski definition) is 3. The highest BCUT2D eigenvalue weighted by Crippen LogP contribution is 2.37. The van der Waals surface area contributed by atoms with Gasteiger partial charge in [0.1, 0.15) is 11.3 Å². The van der Waals surface area contributed by atoms with E-state index in [1.54, 1.807) is 11.3 Å². The standard InChI is InChI=1S/C15H9N2OS/c1-2-6-12-10(4-1)13-15(19-12)18-14-9-5-3-7-16-11(9)8-17(13)14/h1-7H,8H2/q+1. The summed E-state index contributed by atoms with van der Waals surface area (Å²) in [7, 11) is 0. The molecular weight excluding hydrogens is 256 g/mol. The summed E-state index contributed by atoms with van der Waals surface area (Å²) in [6.45, 7) is 0.805. The molecular formula is C15H9N2OS+. The second-order valence-electron chi connectivity index (χ2n) is 4.73. The number of nitrogens with zero attached hydrogens (tertiary/aromatic N) is 2. The first-order valence-electron chi connectivity index (χ1n) is 6.20. The fourth-order valence-electron chi connectivity index (χ4n) is 2.84. The fourth-order valence-corrected chi connectivity index (χ4v) is 3.90. The molecule has 1 aliphatic heterocycles. The van der Waals surface area contributed by atoms with Crippen LogP contribution in [0.25, 0.3) is 32.0 Å². The van der Waals surface area contributed by atoms with Crippen LogP contribution in [0, 0.1) is 0 Å². The van der Waals surface area contributed by atoms with Gasteiger partial charge in [-0.05, 0) is 24.3 Å². The molecule has 0 radical (unpaired) electrons. The highest BCUT2D eigenvalue weighted by molar-refractivity contribution is 7.25. The van der Waals surface area contributed by atoms with E-state index in [0.717, 1.165) is 28.6 Å². The van der Waals surface area contributed by atoms with Crippen molar-refractivity contribution in [2.75, 3.05) is 0 Å². The number of rotatable bonds is 0. The molecule has 4 heteroatoms. The summed E-state index contributed by atoms with van der Waals surface area (Å²) in [5.41, 5.74) is 3.42. The van der Waals surface area contributed by atoms with Gasteiger partial charge in [0, 0.05) is 10.9 Å². The Bertz CT molecular complexity index is 951. The minimum Gasteiger partial charge on any atom is -0.386 e. The molecule has 1 aliphatic rings. The Balaban J connectivity index is 1.94. The summed E-state index contributed by atoms with van der Waals surface area (Å²) >= 11 is 1.71. The molecule has 4 heterocycles. The van der Waals surface area contributed by atoms with E-state index in [1.165, 1.54) is 15.6 Å². The minimum absolute atomic E-state index is 0.805. The van der Waals surface area contributed by atoms with Crippen molar-refractivity contribution < 1.29 is 8.98 Å². The van der Waals surface area contributed by atoms with E-state index in [-0.39, 0.29) is 0 Å². The van der Waals surface area contributed by atoms with Gasteiger partial charge in [-0.1, -0.05) is 23.5 Å². The second-order valence-corrected chi connectivity index (χ2v) is 5.74. The Hall–Kier alpha value is -2.20. The van der Waals surface area contributed by atoms with Gasteiger partial charge in [-0.2, -0.15) is 0 Å². The highest BCUT2D eigenvalue weighted by atomic mass is 32.1. The van der Waals surface area contributed by atoms with Gasteiger partial charge < -0.3 is 4.42 Å². The van der Waals surface area contributed by atoms with Gasteiger partial charge in [0.2, 0.25) is 0 Å². The zero-order chi connectivity index (χ0) is 12.4. The molecule has 0 amide bonds. The maximum absolute atomic E-state index is 6.06. The molecule has 0 saturated heterocycles. The van der Waals surface area contributed by atoms with Crippen LogP contribution in [-0.4, -0.2) is 4.98 Å². The average Bonchev–Trinajstić information content (AvgIpc) is 3.05. The molecule has 0 fully saturated rings. The van der Waals surface area contributed by atoms with Crippen molar-refractivity contribution in [2.45, 2.75) is 6.54 Å². The van der Waals surface area contributed by atoms with Crippen LogP contribution in [0.2, 0.25) is 0 Å². The lowest BCUT2D eigenvalue weighted by Crippen LogP contribution is -2.30. The van der Waals surface area contributed by atoms with Crippen LogP contribution in [-0.2, 0) is 6.54 Å². The van der Waals surface area contributed by atoms with Gasteiger partial charge in [0.15, 0.2) is 6.54 Å². The van der Waals surface area contributed by atoms with Crippen molar-refractivity contribution in [3.8, 4) is 11.5 Å². The van der Waals surface area contributed by atoms with E-state index in [4.69, 9.17) is 4.42 Å². The summed E-state index contributed by atoms with van der Waals surface area (Å²) in [5.74, 6) is 0.940. The average molecular weight is 265 g/mol. The summed E-state index contributed by atoms with van der Waals surface area (Å²) in [4.78, 5) is 5.45. The van der Waals surface area contributed by atoms with Crippen molar-refractivity contribution in [3.05, 3.63) is 48.3 Å². The van der Waals surface area contributed by atoms with E-state index in [0.29, 0.717) is 0 Å². The fraction of sp³-hybridized carbons (Fsp3) is 0.0667. The molecule has 0 atom stereocenters. The van der Waals surface area contributed by atoms with Crippen LogP contribution in [0.4, 0.5) is 0 Å². The van der Waals surface area contributed by atoms with Gasteiger partial charge in [-0.25, -0.2) is 0 Å². The molecule has 4 aromatic rings. The molecule has 90 valence electrons. The van der Waals surface area contributed by atoms with Crippen molar-refractivity contribution >= 4 is 31.8 Å². The molecule has 0 saturated carbocycles. The monoisotopic (exact) mass is 265 g/mol. The quantitative estimate of drug-likeness (QED) is 0.402. The largest absolute Gasteiger partial charge is 0.386 e. The number of aromatic nitrogens is 2. The van der Waals surface area contributed by atoms with Crippen LogP contribution in [0.5, 0.6) is 0 Å². The Labute approximate surface area is 112 Å². The van der Waals surface area contributed by atoms with E-state index >= 15 is 0 Å². The predicted molar refractivity (Wildman–Crippen MR) is 74.1 cm³/mol. The Kier molecular flexibility index (Phi) is 1.64. The zero-order valence-corrected chi connectivity index (χ0v) is 10.8. The summed E-state index contributed by atoms with van der Waals surface area (Å²) in [5, 5.41) is 1.27. The van der Waals surface area contributed by atoms with Crippen LogP contribution < -0.4 is 4.57 Å². The van der Waals surface area contributed by atoms with Crippen LogP contribution in [0.3, 0.4) is 0 Å². The summed E-state index contributed by atoms with van der Waals surface area (Å²) in [6, 6.07) is 12.5. The predicted octanol–water partition coefficient (Wildman–Crippen LogP) is 3.36. The molecule has 0 aliphatic carbocycles. The number of pyridine rings is 1. The SMILES string of the molecule is c1cnc2c(c1)-c1oc3sc4ccccc4c3[n+]1C2. The smallest absolute Gasteiger partial charge is 0.384 e. The van der Waals surface area contributed by atoms with Gasteiger partial charge in [-0.15, -0.1) is 4.57 Å². The van der Waals surface area contributed by atoms with Crippen molar-refractivity contribution in [3.63, 3.8) is 0 Å². The van der Waals surface area contributed by atoms with E-state index in [9.17, 15) is 0 Å². The third-order valence-corrected chi connectivity index (χ3v) is 4.71. The first kappa shape index (κ1) is 9.69. The Morgan fingerprint density at radius 3 is 3.11 bits per heavy atom. The molecule has 0 unspecified atom stereocenters. The first-order chi connectivity index (χ1) is 9.42. The maximum atomic E-state index is 6.06. The van der Waals surface area contributed by atoms with Gasteiger partial charge in [-0.3, -0.25) is 4.98 Å². The third kappa shape index (κ3) is 1.12. The van der Waals surface area contributed by atoms with Crippen LogP contribution in [0.15, 0.2) is 47.0 Å². The van der Waals surface area contributed by atoms with Crippen molar-refractivity contribution in [2.24, 2.45) is 0 Å². The third-order valence-electron chi connectivity index (χ3n) is 3.67. The normalized spacial score (nSPS) is 13.1. The maximum Gasteiger partial charge on any atom is 0.384 e. The molecule has 1 aromatic carbocycles. The van der Waals surface area contributed by atoms with E-state index in [1.807, 2.05) is 12.3 Å². The molecule has 3 nitrogen and oxygen atoms in total. The molecule has 3 aromatic heterocycles. The van der Waals surface area contributed by atoms with Crippen LogP contribution in [0.1, 0.15) is 5.69 Å². The number of thiophene rings is 1. The van der Waals surface area contributed by atoms with E-state index < -0.39 is 0 Å². The van der Waals surface area contributed by atoms with Crippen molar-refractivity contribution in [1.82, 2.24) is 4.98 Å². The zero-order valence-electron chi connectivity index (χ0n) is 9.96. The number of oxazole rings is 1. The molecule has 0 spiro atoms. The van der Waals surface area contributed by atoms with E-state index in [2.05, 4.69) is 39.9 Å². The lowest BCUT2D eigenvalue weighted by atomic mass is 10.2. The Morgan fingerprint density at radius 1 is 1.16 bits per heavy atom. The lowest BCUT2D eigenvalue weighted by Gasteiger charge is -1.88. The Morgan fingerprint density at radius 2 is 2.11 bits per heavy atom. The summed E-state index contributed by atoms with van der Waals surface area (Å²) < 4.78 is 9.58. The molecule has 5 rings (SSSR count). The summed E-state index contributed by atoms with van der Waals surface area (Å²) in [6.07, 6.45) is 1.84. The van der Waals surface area contributed by atoms with Gasteiger partial charge in [0.05, 0.1) is 5.39 Å². The van der Waals surface area contributed by atoms with Crippen molar-refractivity contribution in [1.29, 1.82) is 0 Å². The highest BCUT2D eigenvalue weighted by Gasteiger charge is 2.36. The first-order valence-corrected chi connectivity index (χ1v) is 7.01. The molecule has 19 heavy (non-hydrogen) atoms. The minimum atomic E-state index is 0.805. The number of benzene rings is 1. The second kappa shape index (κ2) is 3.22. The molecule has 0 N–H and O–H groups in total. The number of fused-ring (bicyclic) bond motifs is 7.